The Bertz CT molecular complexity index is 436. The average molecular weight is 268 g/mol. The number of amides is 1. The van der Waals surface area contributed by atoms with Crippen LogP contribution in [0.1, 0.15) is 6.42 Å². The lowest BCUT2D eigenvalue weighted by Gasteiger charge is -2.19. The number of nitrogens with two attached hydrogens (primary N) is 1. The molecule has 4 N–H and O–H groups in total. The van der Waals surface area contributed by atoms with Gasteiger partial charge in [-0.2, -0.15) is 15.0 Å². The summed E-state index contributed by atoms with van der Waals surface area (Å²) in [6.07, 6.45) is 0.362. The third-order valence-corrected chi connectivity index (χ3v) is 2.44. The molecule has 9 heteroatoms. The first kappa shape index (κ1) is 14.9. The summed E-state index contributed by atoms with van der Waals surface area (Å²) in [5, 5.41) is 2.56. The van der Waals surface area contributed by atoms with E-state index >= 15 is 0 Å². The molecular weight excluding hydrogens is 248 g/mol. The summed E-state index contributed by atoms with van der Waals surface area (Å²) in [4.78, 5) is 27.3. The highest BCUT2D eigenvalue weighted by Gasteiger charge is 2.12. The van der Waals surface area contributed by atoms with Crippen molar-refractivity contribution in [1.82, 2.24) is 20.3 Å². The first-order valence-electron chi connectivity index (χ1n) is 5.79. The molecule has 0 spiro atoms. The third-order valence-electron chi connectivity index (χ3n) is 2.44. The molecule has 0 unspecified atom stereocenters. The third kappa shape index (κ3) is 4.21. The Morgan fingerprint density at radius 3 is 2.37 bits per heavy atom. The van der Waals surface area contributed by atoms with Gasteiger partial charge in [0.25, 0.3) is 0 Å². The predicted molar refractivity (Wildman–Crippen MR) is 73.9 cm³/mol. The second-order valence-corrected chi connectivity index (χ2v) is 4.14. The first-order chi connectivity index (χ1) is 8.97. The molecule has 0 saturated heterocycles. The SMILES string of the molecule is CNC(=O)CCN(C)c1nc(NN)nc(N(C)C)n1. The highest BCUT2D eigenvalue weighted by molar-refractivity contribution is 5.76. The molecule has 1 aromatic rings. The minimum absolute atomic E-state index is 0.0362. The van der Waals surface area contributed by atoms with Crippen LogP contribution < -0.4 is 26.4 Å². The van der Waals surface area contributed by atoms with Crippen molar-refractivity contribution < 1.29 is 4.79 Å². The van der Waals surface area contributed by atoms with Gasteiger partial charge in [0.2, 0.25) is 23.8 Å². The van der Waals surface area contributed by atoms with Gasteiger partial charge in [0.15, 0.2) is 0 Å². The van der Waals surface area contributed by atoms with E-state index in [1.807, 2.05) is 14.1 Å². The standard InChI is InChI=1S/C10H20N8O/c1-12-7(19)5-6-18(4)10-14-8(16-11)13-9(15-10)17(2)3/h5-6,11H2,1-4H3,(H,12,19)(H,13,14,15,16). The topological polar surface area (TPSA) is 112 Å². The fourth-order valence-corrected chi connectivity index (χ4v) is 1.28. The summed E-state index contributed by atoms with van der Waals surface area (Å²) in [6.45, 7) is 0.501. The number of carbonyl (C=O) groups excluding carboxylic acids is 1. The van der Waals surface area contributed by atoms with Crippen LogP contribution in [0.5, 0.6) is 0 Å². The second kappa shape index (κ2) is 6.69. The molecule has 1 heterocycles. The Morgan fingerprint density at radius 1 is 1.21 bits per heavy atom. The number of nitrogen functional groups attached to an aromatic ring is 1. The van der Waals surface area contributed by atoms with Gasteiger partial charge in [-0.15, -0.1) is 0 Å². The van der Waals surface area contributed by atoms with Gasteiger partial charge in [0, 0.05) is 41.2 Å². The predicted octanol–water partition coefficient (Wildman–Crippen LogP) is -1.20. The summed E-state index contributed by atoms with van der Waals surface area (Å²) in [5.41, 5.74) is 2.40. The molecule has 1 rings (SSSR count). The minimum atomic E-state index is -0.0362. The molecule has 0 aliphatic carbocycles. The number of nitrogens with zero attached hydrogens (tertiary/aromatic N) is 5. The van der Waals surface area contributed by atoms with Crippen LogP contribution in [0.2, 0.25) is 0 Å². The molecule has 1 aromatic heterocycles. The number of aromatic nitrogens is 3. The Hall–Kier alpha value is -2.16. The maximum Gasteiger partial charge on any atom is 0.243 e. The largest absolute Gasteiger partial charge is 0.359 e. The zero-order valence-corrected chi connectivity index (χ0v) is 11.6. The molecule has 106 valence electrons. The van der Waals surface area contributed by atoms with E-state index in [4.69, 9.17) is 5.84 Å². The lowest BCUT2D eigenvalue weighted by molar-refractivity contribution is -0.120. The van der Waals surface area contributed by atoms with E-state index in [0.717, 1.165) is 0 Å². The van der Waals surface area contributed by atoms with Gasteiger partial charge >= 0.3 is 0 Å². The van der Waals surface area contributed by atoms with Gasteiger partial charge in [-0.1, -0.05) is 0 Å². The van der Waals surface area contributed by atoms with Crippen LogP contribution in [0.4, 0.5) is 17.8 Å². The highest BCUT2D eigenvalue weighted by Crippen LogP contribution is 2.13. The Balaban J connectivity index is 2.86. The van der Waals surface area contributed by atoms with Gasteiger partial charge in [-0.25, -0.2) is 5.84 Å². The molecule has 0 atom stereocenters. The minimum Gasteiger partial charge on any atom is -0.359 e. The van der Waals surface area contributed by atoms with E-state index in [1.54, 1.807) is 23.9 Å². The van der Waals surface area contributed by atoms with Gasteiger partial charge in [-0.05, 0) is 0 Å². The van der Waals surface area contributed by atoms with Crippen LogP contribution in [0.25, 0.3) is 0 Å². The molecule has 0 radical (unpaired) electrons. The number of hydrogen-bond donors (Lipinski definition) is 3. The van der Waals surface area contributed by atoms with Crippen molar-refractivity contribution in [2.75, 3.05) is 50.0 Å². The van der Waals surface area contributed by atoms with Crippen LogP contribution in [0.15, 0.2) is 0 Å². The van der Waals surface area contributed by atoms with Crippen molar-refractivity contribution in [2.24, 2.45) is 5.84 Å². The van der Waals surface area contributed by atoms with E-state index < -0.39 is 0 Å². The molecule has 0 saturated carbocycles. The fourth-order valence-electron chi connectivity index (χ4n) is 1.28. The van der Waals surface area contributed by atoms with Crippen molar-refractivity contribution in [1.29, 1.82) is 0 Å². The lowest BCUT2D eigenvalue weighted by Crippen LogP contribution is -2.28. The lowest BCUT2D eigenvalue weighted by atomic mass is 10.4. The Kier molecular flexibility index (Phi) is 5.24. The van der Waals surface area contributed by atoms with Crippen molar-refractivity contribution in [2.45, 2.75) is 6.42 Å². The summed E-state index contributed by atoms with van der Waals surface area (Å²) >= 11 is 0. The van der Waals surface area contributed by atoms with Crippen LogP contribution >= 0.6 is 0 Å². The quantitative estimate of drug-likeness (QED) is 0.435. The molecule has 1 amide bonds. The van der Waals surface area contributed by atoms with Crippen LogP contribution in [-0.4, -0.2) is 55.6 Å². The Labute approximate surface area is 112 Å². The second-order valence-electron chi connectivity index (χ2n) is 4.14. The molecule has 9 nitrogen and oxygen atoms in total. The summed E-state index contributed by atoms with van der Waals surface area (Å²) in [7, 11) is 7.05. The van der Waals surface area contributed by atoms with Crippen LogP contribution in [0, 0.1) is 0 Å². The van der Waals surface area contributed by atoms with E-state index in [9.17, 15) is 4.79 Å². The number of carbonyl (C=O) groups is 1. The van der Waals surface area contributed by atoms with Crippen molar-refractivity contribution >= 4 is 23.8 Å². The van der Waals surface area contributed by atoms with Gasteiger partial charge in [0.1, 0.15) is 0 Å². The fraction of sp³-hybridized carbons (Fsp3) is 0.600. The van der Waals surface area contributed by atoms with Crippen LogP contribution in [0.3, 0.4) is 0 Å². The van der Waals surface area contributed by atoms with E-state index in [0.29, 0.717) is 24.9 Å². The average Bonchev–Trinajstić information content (AvgIpc) is 2.43. The monoisotopic (exact) mass is 268 g/mol. The van der Waals surface area contributed by atoms with E-state index in [-0.39, 0.29) is 11.9 Å². The number of nitrogens with one attached hydrogen (secondary N) is 2. The van der Waals surface area contributed by atoms with Crippen molar-refractivity contribution in [3.63, 3.8) is 0 Å². The number of anilines is 3. The zero-order chi connectivity index (χ0) is 14.4. The van der Waals surface area contributed by atoms with E-state index in [1.165, 1.54) is 0 Å². The maximum absolute atomic E-state index is 11.2. The van der Waals surface area contributed by atoms with Crippen LogP contribution in [-0.2, 0) is 4.79 Å². The molecule has 0 fully saturated rings. The number of hydrogen-bond acceptors (Lipinski definition) is 8. The summed E-state index contributed by atoms with van der Waals surface area (Å²) in [6, 6.07) is 0. The summed E-state index contributed by atoms with van der Waals surface area (Å²) in [5.74, 6) is 6.51. The molecule has 0 bridgehead atoms. The smallest absolute Gasteiger partial charge is 0.243 e. The van der Waals surface area contributed by atoms with Gasteiger partial charge in [-0.3, -0.25) is 10.2 Å². The van der Waals surface area contributed by atoms with Crippen molar-refractivity contribution in [3.8, 4) is 0 Å². The number of rotatable bonds is 6. The highest BCUT2D eigenvalue weighted by atomic mass is 16.1. The maximum atomic E-state index is 11.2. The van der Waals surface area contributed by atoms with Crippen molar-refractivity contribution in [3.05, 3.63) is 0 Å². The molecule has 0 aliphatic heterocycles. The van der Waals surface area contributed by atoms with E-state index in [2.05, 4.69) is 25.7 Å². The first-order valence-corrected chi connectivity index (χ1v) is 5.79. The zero-order valence-electron chi connectivity index (χ0n) is 11.6. The normalized spacial score (nSPS) is 9.95. The van der Waals surface area contributed by atoms with Gasteiger partial charge < -0.3 is 15.1 Å². The molecule has 0 aliphatic rings. The number of hydrazine groups is 1. The molecule has 19 heavy (non-hydrogen) atoms. The van der Waals surface area contributed by atoms with Gasteiger partial charge in [0.05, 0.1) is 0 Å². The summed E-state index contributed by atoms with van der Waals surface area (Å²) < 4.78 is 0. The molecule has 0 aromatic carbocycles. The molecular formula is C10H20N8O. The Morgan fingerprint density at radius 2 is 1.84 bits per heavy atom.